The smallest absolute Gasteiger partial charge is 0.338 e. The Morgan fingerprint density at radius 3 is 2.40 bits per heavy atom. The zero-order valence-electron chi connectivity index (χ0n) is 13.7. The van der Waals surface area contributed by atoms with Crippen LogP contribution in [0.25, 0.3) is 10.8 Å². The van der Waals surface area contributed by atoms with E-state index in [-0.39, 0.29) is 5.91 Å². The first-order valence-electron chi connectivity index (χ1n) is 7.90. The van der Waals surface area contributed by atoms with Crippen LogP contribution in [-0.2, 0) is 9.53 Å². The summed E-state index contributed by atoms with van der Waals surface area (Å²) in [6, 6.07) is 19.7. The fourth-order valence-electron chi connectivity index (χ4n) is 2.47. The predicted octanol–water partition coefficient (Wildman–Crippen LogP) is 3.61. The average molecular weight is 334 g/mol. The molecule has 1 atom stereocenters. The third kappa shape index (κ3) is 3.77. The van der Waals surface area contributed by atoms with E-state index in [2.05, 4.69) is 5.32 Å². The number of amides is 1. The SMILES string of the molecule is CC(OC(=O)c1ccc(N)cc1)C(=O)Nc1cccc2ccccc12. The minimum absolute atomic E-state index is 0.346. The van der Waals surface area contributed by atoms with Gasteiger partial charge in [-0.3, -0.25) is 4.79 Å². The Morgan fingerprint density at radius 1 is 0.960 bits per heavy atom. The second-order valence-corrected chi connectivity index (χ2v) is 5.69. The number of carbonyl (C=O) groups excluding carboxylic acids is 2. The summed E-state index contributed by atoms with van der Waals surface area (Å²) in [7, 11) is 0. The Labute approximate surface area is 145 Å². The van der Waals surface area contributed by atoms with Crippen molar-refractivity contribution < 1.29 is 14.3 Å². The third-order valence-corrected chi connectivity index (χ3v) is 3.85. The van der Waals surface area contributed by atoms with Crippen LogP contribution in [0.2, 0.25) is 0 Å². The van der Waals surface area contributed by atoms with Gasteiger partial charge in [0.2, 0.25) is 0 Å². The van der Waals surface area contributed by atoms with Crippen LogP contribution in [0.1, 0.15) is 17.3 Å². The maximum absolute atomic E-state index is 12.4. The normalized spacial score (nSPS) is 11.7. The number of nitrogens with one attached hydrogen (secondary N) is 1. The Balaban J connectivity index is 1.70. The minimum Gasteiger partial charge on any atom is -0.449 e. The molecule has 3 rings (SSSR count). The molecule has 0 spiro atoms. The molecule has 25 heavy (non-hydrogen) atoms. The second-order valence-electron chi connectivity index (χ2n) is 5.69. The van der Waals surface area contributed by atoms with Gasteiger partial charge < -0.3 is 15.8 Å². The molecule has 0 aliphatic rings. The van der Waals surface area contributed by atoms with E-state index in [0.717, 1.165) is 10.8 Å². The van der Waals surface area contributed by atoms with Crippen LogP contribution in [-0.4, -0.2) is 18.0 Å². The van der Waals surface area contributed by atoms with Crippen molar-refractivity contribution in [3.63, 3.8) is 0 Å². The van der Waals surface area contributed by atoms with Crippen molar-refractivity contribution in [3.05, 3.63) is 72.3 Å². The van der Waals surface area contributed by atoms with E-state index in [1.807, 2.05) is 42.5 Å². The number of hydrogen-bond donors (Lipinski definition) is 2. The summed E-state index contributed by atoms with van der Waals surface area (Å²) in [6.45, 7) is 1.54. The van der Waals surface area contributed by atoms with Crippen molar-refractivity contribution in [2.24, 2.45) is 0 Å². The lowest BCUT2D eigenvalue weighted by Crippen LogP contribution is -2.30. The monoisotopic (exact) mass is 334 g/mol. The quantitative estimate of drug-likeness (QED) is 0.564. The molecule has 0 fully saturated rings. The number of anilines is 2. The Kier molecular flexibility index (Phi) is 4.66. The van der Waals surface area contributed by atoms with Gasteiger partial charge in [-0.05, 0) is 42.6 Å². The molecular weight excluding hydrogens is 316 g/mol. The van der Waals surface area contributed by atoms with Crippen molar-refractivity contribution in [1.82, 2.24) is 0 Å². The number of nitrogen functional groups attached to an aromatic ring is 1. The predicted molar refractivity (Wildman–Crippen MR) is 98.3 cm³/mol. The average Bonchev–Trinajstić information content (AvgIpc) is 2.62. The van der Waals surface area contributed by atoms with E-state index < -0.39 is 12.1 Å². The first kappa shape index (κ1) is 16.5. The van der Waals surface area contributed by atoms with Gasteiger partial charge in [0.25, 0.3) is 5.91 Å². The Bertz CT molecular complexity index is 914. The minimum atomic E-state index is -0.927. The largest absolute Gasteiger partial charge is 0.449 e. The van der Waals surface area contributed by atoms with E-state index in [9.17, 15) is 9.59 Å². The van der Waals surface area contributed by atoms with Crippen molar-refractivity contribution in [3.8, 4) is 0 Å². The first-order chi connectivity index (χ1) is 12.0. The summed E-state index contributed by atoms with van der Waals surface area (Å²) >= 11 is 0. The van der Waals surface area contributed by atoms with Crippen LogP contribution in [0.5, 0.6) is 0 Å². The number of hydrogen-bond acceptors (Lipinski definition) is 4. The summed E-state index contributed by atoms with van der Waals surface area (Å²) in [5, 5.41) is 4.76. The highest BCUT2D eigenvalue weighted by Gasteiger charge is 2.19. The zero-order valence-corrected chi connectivity index (χ0v) is 13.7. The Morgan fingerprint density at radius 2 is 1.64 bits per heavy atom. The molecule has 5 heteroatoms. The molecule has 0 radical (unpaired) electrons. The molecule has 5 nitrogen and oxygen atoms in total. The number of ether oxygens (including phenoxy) is 1. The van der Waals surface area contributed by atoms with Crippen LogP contribution < -0.4 is 11.1 Å². The molecule has 0 saturated heterocycles. The van der Waals surface area contributed by atoms with Crippen molar-refractivity contribution in [2.45, 2.75) is 13.0 Å². The van der Waals surface area contributed by atoms with Gasteiger partial charge in [-0.25, -0.2) is 4.79 Å². The van der Waals surface area contributed by atoms with Gasteiger partial charge in [0.05, 0.1) is 5.56 Å². The summed E-state index contributed by atoms with van der Waals surface area (Å²) in [5.41, 5.74) is 7.17. The van der Waals surface area contributed by atoms with Gasteiger partial charge in [0.1, 0.15) is 0 Å². The van der Waals surface area contributed by atoms with Crippen LogP contribution >= 0.6 is 0 Å². The topological polar surface area (TPSA) is 81.4 Å². The zero-order chi connectivity index (χ0) is 17.8. The van der Waals surface area contributed by atoms with E-state index in [1.54, 1.807) is 24.3 Å². The van der Waals surface area contributed by atoms with E-state index in [4.69, 9.17) is 10.5 Å². The van der Waals surface area contributed by atoms with E-state index >= 15 is 0 Å². The second kappa shape index (κ2) is 7.05. The molecule has 1 unspecified atom stereocenters. The molecule has 0 saturated carbocycles. The molecule has 3 aromatic rings. The van der Waals surface area contributed by atoms with Crippen LogP contribution in [0, 0.1) is 0 Å². The number of esters is 1. The number of carbonyl (C=O) groups is 2. The molecule has 0 heterocycles. The molecule has 0 bridgehead atoms. The molecule has 3 N–H and O–H groups in total. The molecule has 126 valence electrons. The lowest BCUT2D eigenvalue weighted by Gasteiger charge is -2.15. The van der Waals surface area contributed by atoms with Crippen molar-refractivity contribution in [2.75, 3.05) is 11.1 Å². The summed E-state index contributed by atoms with van der Waals surface area (Å²) in [4.78, 5) is 24.5. The summed E-state index contributed by atoms with van der Waals surface area (Å²) in [6.07, 6.45) is -0.927. The molecular formula is C20H18N2O3. The number of rotatable bonds is 4. The van der Waals surface area contributed by atoms with Gasteiger partial charge in [-0.1, -0.05) is 36.4 Å². The van der Waals surface area contributed by atoms with Crippen LogP contribution in [0.3, 0.4) is 0 Å². The van der Waals surface area contributed by atoms with Crippen molar-refractivity contribution in [1.29, 1.82) is 0 Å². The van der Waals surface area contributed by atoms with E-state index in [1.165, 1.54) is 6.92 Å². The Hall–Kier alpha value is -3.34. The van der Waals surface area contributed by atoms with Gasteiger partial charge in [0, 0.05) is 16.8 Å². The highest BCUT2D eigenvalue weighted by molar-refractivity contribution is 6.04. The van der Waals surface area contributed by atoms with Gasteiger partial charge in [-0.2, -0.15) is 0 Å². The number of benzene rings is 3. The van der Waals surface area contributed by atoms with Gasteiger partial charge in [0.15, 0.2) is 6.10 Å². The van der Waals surface area contributed by atoms with E-state index in [0.29, 0.717) is 16.9 Å². The first-order valence-corrected chi connectivity index (χ1v) is 7.90. The summed E-state index contributed by atoms with van der Waals surface area (Å²) in [5.74, 6) is -0.958. The maximum atomic E-state index is 12.4. The standard InChI is InChI=1S/C20H18N2O3/c1-13(25-20(24)15-9-11-16(21)12-10-15)19(23)22-18-8-4-6-14-5-2-3-7-17(14)18/h2-13H,21H2,1H3,(H,22,23). The molecule has 0 aliphatic carbocycles. The molecule has 0 aliphatic heterocycles. The molecule has 0 aromatic heterocycles. The van der Waals surface area contributed by atoms with Crippen molar-refractivity contribution >= 4 is 34.0 Å². The highest BCUT2D eigenvalue weighted by atomic mass is 16.5. The van der Waals surface area contributed by atoms with Gasteiger partial charge >= 0.3 is 5.97 Å². The lowest BCUT2D eigenvalue weighted by molar-refractivity contribution is -0.123. The lowest BCUT2D eigenvalue weighted by atomic mass is 10.1. The van der Waals surface area contributed by atoms with Gasteiger partial charge in [-0.15, -0.1) is 0 Å². The molecule has 1 amide bonds. The molecule has 3 aromatic carbocycles. The fraction of sp³-hybridized carbons (Fsp3) is 0.100. The highest BCUT2D eigenvalue weighted by Crippen LogP contribution is 2.23. The van der Waals surface area contributed by atoms with Crippen LogP contribution in [0.15, 0.2) is 66.7 Å². The maximum Gasteiger partial charge on any atom is 0.338 e. The number of fused-ring (bicyclic) bond motifs is 1. The third-order valence-electron chi connectivity index (χ3n) is 3.85. The number of nitrogens with two attached hydrogens (primary N) is 1. The fourth-order valence-corrected chi connectivity index (χ4v) is 2.47. The summed E-state index contributed by atoms with van der Waals surface area (Å²) < 4.78 is 5.23. The van der Waals surface area contributed by atoms with Crippen LogP contribution in [0.4, 0.5) is 11.4 Å².